The zero-order valence-electron chi connectivity index (χ0n) is 23.6. The maximum absolute atomic E-state index is 12.4. The monoisotopic (exact) mass is 574 g/mol. The van der Waals surface area contributed by atoms with Gasteiger partial charge in [-0.05, 0) is 66.9 Å². The number of rotatable bonds is 13. The highest BCUT2D eigenvalue weighted by Gasteiger charge is 2.32. The Hall–Kier alpha value is -5.03. The molecule has 2 amide bonds. The highest BCUT2D eigenvalue weighted by molar-refractivity contribution is 5.95. The quantitative estimate of drug-likeness (QED) is 0.105. The number of aliphatic hydroxyl groups excluding tert-OH is 1. The van der Waals surface area contributed by atoms with E-state index in [1.165, 1.54) is 7.11 Å². The molecular weight excluding hydrogens is 540 g/mol. The molecule has 0 fully saturated rings. The molecule has 4 rings (SSSR count). The van der Waals surface area contributed by atoms with Gasteiger partial charge in [-0.1, -0.05) is 36.4 Å². The lowest BCUT2D eigenvalue weighted by atomic mass is 9.95. The van der Waals surface area contributed by atoms with E-state index in [1.807, 2.05) is 61.5 Å². The van der Waals surface area contributed by atoms with Crippen LogP contribution in [0.4, 0.5) is 4.79 Å². The second-order valence-electron chi connectivity index (χ2n) is 9.26. The molecule has 3 aromatic carbocycles. The number of amides is 2. The van der Waals surface area contributed by atoms with Gasteiger partial charge in [0.05, 0.1) is 31.5 Å². The van der Waals surface area contributed by atoms with Crippen molar-refractivity contribution in [2.45, 2.75) is 32.7 Å². The summed E-state index contributed by atoms with van der Waals surface area (Å²) in [4.78, 5) is 24.5. The Labute approximate surface area is 244 Å². The van der Waals surface area contributed by atoms with Crippen LogP contribution in [0.1, 0.15) is 36.6 Å². The molecule has 0 bridgehead atoms. The molecule has 0 saturated heterocycles. The number of carbonyl (C=O) groups excluding carboxylic acids is 2. The Morgan fingerprint density at radius 3 is 2.52 bits per heavy atom. The van der Waals surface area contributed by atoms with Crippen LogP contribution in [0.2, 0.25) is 0 Å². The van der Waals surface area contributed by atoms with Crippen molar-refractivity contribution in [2.24, 2.45) is 5.10 Å². The number of methoxy groups -OCH3 is 1. The van der Waals surface area contributed by atoms with Crippen molar-refractivity contribution in [1.82, 2.24) is 16.1 Å². The van der Waals surface area contributed by atoms with Gasteiger partial charge in [-0.3, -0.25) is 5.43 Å². The fourth-order valence-corrected chi connectivity index (χ4v) is 4.21. The van der Waals surface area contributed by atoms with Crippen LogP contribution in [0, 0.1) is 0 Å². The molecule has 1 aliphatic rings. The topological polar surface area (TPSA) is 140 Å². The molecule has 0 aromatic heterocycles. The first-order chi connectivity index (χ1) is 20.4. The normalized spacial score (nSPS) is 15.4. The van der Waals surface area contributed by atoms with Crippen LogP contribution in [0.5, 0.6) is 17.2 Å². The minimum atomic E-state index is -1.11. The Balaban J connectivity index is 1.33. The van der Waals surface area contributed by atoms with E-state index in [0.29, 0.717) is 36.0 Å². The van der Waals surface area contributed by atoms with Gasteiger partial charge in [-0.2, -0.15) is 5.10 Å². The number of hydrazone groups is 1. The molecule has 1 heterocycles. The summed E-state index contributed by atoms with van der Waals surface area (Å²) in [5, 5.41) is 19.8. The van der Waals surface area contributed by atoms with Gasteiger partial charge in [0, 0.05) is 5.70 Å². The molecule has 0 saturated carbocycles. The van der Waals surface area contributed by atoms with Crippen molar-refractivity contribution in [3.63, 3.8) is 0 Å². The maximum atomic E-state index is 12.4. The van der Waals surface area contributed by atoms with Crippen LogP contribution >= 0.6 is 0 Å². The number of benzene rings is 3. The van der Waals surface area contributed by atoms with Crippen LogP contribution in [0.15, 0.2) is 89.2 Å². The number of aliphatic hydroxyl groups is 1. The van der Waals surface area contributed by atoms with Gasteiger partial charge < -0.3 is 34.7 Å². The van der Waals surface area contributed by atoms with Crippen molar-refractivity contribution in [3.8, 4) is 17.2 Å². The molecule has 0 aliphatic carbocycles. The molecular formula is C31H34N4O7. The first kappa shape index (κ1) is 29.9. The SMILES string of the molecule is CCOc1cc([C@@H]2NC(=O)NC(C)=C2C(=O)OC)ccc1OC[C@@H](O)N/N=C\c1ccc(OCc2ccccc2)cc1. The van der Waals surface area contributed by atoms with Crippen LogP contribution in [0.3, 0.4) is 0 Å². The summed E-state index contributed by atoms with van der Waals surface area (Å²) < 4.78 is 22.2. The van der Waals surface area contributed by atoms with Gasteiger partial charge in [0.25, 0.3) is 0 Å². The summed E-state index contributed by atoms with van der Waals surface area (Å²) in [5.74, 6) is 0.932. The van der Waals surface area contributed by atoms with Crippen molar-refractivity contribution in [1.29, 1.82) is 0 Å². The number of urea groups is 1. The van der Waals surface area contributed by atoms with Gasteiger partial charge in [-0.25, -0.2) is 9.59 Å². The van der Waals surface area contributed by atoms with Crippen LogP contribution in [-0.2, 0) is 16.1 Å². The molecule has 2 atom stereocenters. The number of hydrogen-bond acceptors (Lipinski definition) is 9. The molecule has 0 radical (unpaired) electrons. The third-order valence-electron chi connectivity index (χ3n) is 6.24. The van der Waals surface area contributed by atoms with Crippen LogP contribution < -0.4 is 30.3 Å². The Morgan fingerprint density at radius 2 is 1.81 bits per heavy atom. The summed E-state index contributed by atoms with van der Waals surface area (Å²) in [5.41, 5.74) is 5.81. The van der Waals surface area contributed by atoms with Gasteiger partial charge in [-0.15, -0.1) is 0 Å². The average molecular weight is 575 g/mol. The highest BCUT2D eigenvalue weighted by atomic mass is 16.5. The number of esters is 1. The Morgan fingerprint density at radius 1 is 1.05 bits per heavy atom. The molecule has 0 unspecified atom stereocenters. The van der Waals surface area contributed by atoms with Crippen LogP contribution in [0.25, 0.3) is 0 Å². The standard InChI is InChI=1S/C31H34N4O7/c1-4-40-26-16-23(29-28(30(37)39-3)20(2)33-31(38)34-29)12-15-25(26)42-19-27(36)35-32-17-21-10-13-24(14-11-21)41-18-22-8-6-5-7-9-22/h5-17,27,29,35-36H,4,18-19H2,1-3H3,(H2,33,34,38)/b32-17-/t27-,29+/m1/s1. The molecule has 11 heteroatoms. The van der Waals surface area contributed by atoms with Gasteiger partial charge in [0.15, 0.2) is 17.7 Å². The predicted octanol–water partition coefficient (Wildman–Crippen LogP) is 3.79. The van der Waals surface area contributed by atoms with Crippen molar-refractivity contribution < 1.29 is 33.6 Å². The van der Waals surface area contributed by atoms with Gasteiger partial charge >= 0.3 is 12.0 Å². The zero-order valence-corrected chi connectivity index (χ0v) is 23.6. The molecule has 0 spiro atoms. The predicted molar refractivity (Wildman–Crippen MR) is 156 cm³/mol. The third-order valence-corrected chi connectivity index (χ3v) is 6.24. The Bertz CT molecular complexity index is 1420. The van der Waals surface area contributed by atoms with E-state index in [1.54, 1.807) is 31.3 Å². The van der Waals surface area contributed by atoms with E-state index in [-0.39, 0.29) is 12.2 Å². The summed E-state index contributed by atoms with van der Waals surface area (Å²) in [7, 11) is 1.28. The average Bonchev–Trinajstić information content (AvgIpc) is 3.00. The lowest BCUT2D eigenvalue weighted by Crippen LogP contribution is -2.45. The van der Waals surface area contributed by atoms with E-state index in [4.69, 9.17) is 18.9 Å². The molecule has 3 aromatic rings. The fourth-order valence-electron chi connectivity index (χ4n) is 4.21. The number of nitrogens with zero attached hydrogens (tertiary/aromatic N) is 1. The molecule has 11 nitrogen and oxygen atoms in total. The van der Waals surface area contributed by atoms with E-state index in [9.17, 15) is 14.7 Å². The molecule has 4 N–H and O–H groups in total. The zero-order chi connectivity index (χ0) is 29.9. The molecule has 220 valence electrons. The van der Waals surface area contributed by atoms with Crippen molar-refractivity contribution in [2.75, 3.05) is 20.3 Å². The lowest BCUT2D eigenvalue weighted by Gasteiger charge is -2.28. The van der Waals surface area contributed by atoms with Crippen molar-refractivity contribution in [3.05, 3.63) is 101 Å². The number of hydrogen-bond donors (Lipinski definition) is 4. The first-order valence-electron chi connectivity index (χ1n) is 13.4. The number of ether oxygens (including phenoxy) is 4. The van der Waals surface area contributed by atoms with E-state index in [2.05, 4.69) is 21.2 Å². The van der Waals surface area contributed by atoms with E-state index < -0.39 is 24.3 Å². The molecule has 1 aliphatic heterocycles. The largest absolute Gasteiger partial charge is 0.490 e. The minimum absolute atomic E-state index is 0.125. The van der Waals surface area contributed by atoms with E-state index >= 15 is 0 Å². The van der Waals surface area contributed by atoms with Crippen molar-refractivity contribution >= 4 is 18.2 Å². The van der Waals surface area contributed by atoms with Crippen LogP contribution in [-0.4, -0.2) is 49.9 Å². The smallest absolute Gasteiger partial charge is 0.337 e. The fraction of sp³-hybridized carbons (Fsp3) is 0.258. The number of carbonyl (C=O) groups is 2. The number of nitrogens with one attached hydrogen (secondary N) is 3. The molecule has 42 heavy (non-hydrogen) atoms. The summed E-state index contributed by atoms with van der Waals surface area (Å²) >= 11 is 0. The second-order valence-corrected chi connectivity index (χ2v) is 9.26. The van der Waals surface area contributed by atoms with Gasteiger partial charge in [0.1, 0.15) is 19.0 Å². The lowest BCUT2D eigenvalue weighted by molar-refractivity contribution is -0.136. The summed E-state index contributed by atoms with van der Waals surface area (Å²) in [6, 6.07) is 21.2. The highest BCUT2D eigenvalue weighted by Crippen LogP contribution is 2.34. The Kier molecular flexibility index (Phi) is 10.4. The van der Waals surface area contributed by atoms with E-state index in [0.717, 1.165) is 16.9 Å². The third kappa shape index (κ3) is 8.01. The minimum Gasteiger partial charge on any atom is -0.490 e. The second kappa shape index (κ2) is 14.6. The first-order valence-corrected chi connectivity index (χ1v) is 13.4. The summed E-state index contributed by atoms with van der Waals surface area (Å²) in [6.07, 6.45) is 0.468. The number of allylic oxidation sites excluding steroid dienone is 1. The van der Waals surface area contributed by atoms with Gasteiger partial charge in [0.2, 0.25) is 0 Å². The summed E-state index contributed by atoms with van der Waals surface area (Å²) in [6.45, 7) is 4.15. The maximum Gasteiger partial charge on any atom is 0.337 e.